The third-order valence-corrected chi connectivity index (χ3v) is 3.47. The number of anilines is 1. The molecule has 7 heteroatoms. The van der Waals surface area contributed by atoms with Crippen LogP contribution in [-0.2, 0) is 0 Å². The molecule has 2 aromatic rings. The zero-order valence-electron chi connectivity index (χ0n) is 9.62. The molecule has 4 nitrogen and oxygen atoms in total. The summed E-state index contributed by atoms with van der Waals surface area (Å²) in [5.74, 6) is -0.312. The average Bonchev–Trinajstić information content (AvgIpc) is 2.70. The van der Waals surface area contributed by atoms with Crippen molar-refractivity contribution in [2.24, 2.45) is 0 Å². The number of carbonyl (C=O) groups is 1. The van der Waals surface area contributed by atoms with E-state index in [9.17, 15) is 4.79 Å². The Labute approximate surface area is 118 Å². The lowest BCUT2D eigenvalue weighted by molar-refractivity contribution is 0.102. The van der Waals surface area contributed by atoms with Gasteiger partial charge in [0.25, 0.3) is 5.91 Å². The maximum atomic E-state index is 11.9. The topological polar surface area (TPSA) is 54.9 Å². The predicted molar refractivity (Wildman–Crippen MR) is 73.8 cm³/mol. The fourth-order valence-electron chi connectivity index (χ4n) is 1.39. The Morgan fingerprint density at radius 2 is 2.06 bits per heavy atom. The van der Waals surface area contributed by atoms with Crippen LogP contribution in [0.4, 0.5) is 5.69 Å². The Morgan fingerprint density at radius 1 is 1.33 bits per heavy atom. The highest BCUT2D eigenvalue weighted by Crippen LogP contribution is 2.26. The minimum Gasteiger partial charge on any atom is -0.318 e. The number of amides is 1. The fraction of sp³-hybridized carbons (Fsp3) is 0.182. The van der Waals surface area contributed by atoms with Crippen molar-refractivity contribution in [3.8, 4) is 0 Å². The number of rotatable bonds is 2. The number of pyridine rings is 1. The highest BCUT2D eigenvalue weighted by atomic mass is 35.5. The van der Waals surface area contributed by atoms with E-state index in [-0.39, 0.29) is 11.1 Å². The third kappa shape index (κ3) is 2.80. The predicted octanol–water partition coefficient (Wildman–Crippen LogP) is 3.71. The monoisotopic (exact) mass is 301 g/mol. The van der Waals surface area contributed by atoms with E-state index in [1.165, 1.54) is 11.3 Å². The van der Waals surface area contributed by atoms with Crippen LogP contribution in [0, 0.1) is 13.8 Å². The smallest absolute Gasteiger partial charge is 0.275 e. The number of hydrogen-bond donors (Lipinski definition) is 1. The molecule has 0 unspecified atom stereocenters. The Balaban J connectivity index is 2.27. The van der Waals surface area contributed by atoms with Crippen LogP contribution in [0.5, 0.6) is 0 Å². The highest BCUT2D eigenvalue weighted by molar-refractivity contribution is 7.09. The van der Waals surface area contributed by atoms with Crippen LogP contribution in [0.2, 0.25) is 10.3 Å². The molecule has 94 valence electrons. The summed E-state index contributed by atoms with van der Waals surface area (Å²) >= 11 is 13.1. The summed E-state index contributed by atoms with van der Waals surface area (Å²) in [7, 11) is 0. The van der Waals surface area contributed by atoms with Crippen molar-refractivity contribution in [1.82, 2.24) is 9.97 Å². The lowest BCUT2D eigenvalue weighted by Crippen LogP contribution is -2.14. The lowest BCUT2D eigenvalue weighted by Gasteiger charge is -2.08. The summed E-state index contributed by atoms with van der Waals surface area (Å²) in [6.45, 7) is 3.63. The van der Waals surface area contributed by atoms with Gasteiger partial charge in [0.15, 0.2) is 5.15 Å². The Bertz CT molecular complexity index is 589. The average molecular weight is 302 g/mol. The maximum absolute atomic E-state index is 11.9. The molecule has 1 N–H and O–H groups in total. The van der Waals surface area contributed by atoms with E-state index in [1.807, 2.05) is 6.92 Å². The molecule has 18 heavy (non-hydrogen) atoms. The molecule has 0 fully saturated rings. The zero-order chi connectivity index (χ0) is 13.3. The summed E-state index contributed by atoms with van der Waals surface area (Å²) in [6, 6.07) is 1.63. The largest absolute Gasteiger partial charge is 0.318 e. The van der Waals surface area contributed by atoms with Gasteiger partial charge in [0.1, 0.15) is 10.8 Å². The fourth-order valence-corrected chi connectivity index (χ4v) is 2.56. The molecule has 0 bridgehead atoms. The van der Waals surface area contributed by atoms with Gasteiger partial charge in [-0.25, -0.2) is 9.97 Å². The van der Waals surface area contributed by atoms with E-state index in [0.29, 0.717) is 16.5 Å². The second-order valence-electron chi connectivity index (χ2n) is 3.63. The van der Waals surface area contributed by atoms with Crippen LogP contribution in [-0.4, -0.2) is 15.9 Å². The summed E-state index contributed by atoms with van der Waals surface area (Å²) in [5.41, 5.74) is 1.57. The van der Waals surface area contributed by atoms with Crippen molar-refractivity contribution in [3.05, 3.63) is 38.0 Å². The van der Waals surface area contributed by atoms with Gasteiger partial charge in [0.2, 0.25) is 0 Å². The SMILES string of the molecule is Cc1nc(C(=O)Nc2c(C)cc(Cl)nc2Cl)cs1. The first-order valence-corrected chi connectivity index (χ1v) is 6.67. The molecule has 0 aliphatic rings. The van der Waals surface area contributed by atoms with Crippen LogP contribution in [0.15, 0.2) is 11.4 Å². The van der Waals surface area contributed by atoms with Crippen molar-refractivity contribution in [2.45, 2.75) is 13.8 Å². The van der Waals surface area contributed by atoms with E-state index in [0.717, 1.165) is 10.6 Å². The summed E-state index contributed by atoms with van der Waals surface area (Å²) in [5, 5.41) is 5.67. The number of nitrogens with zero attached hydrogens (tertiary/aromatic N) is 2. The van der Waals surface area contributed by atoms with Gasteiger partial charge in [0, 0.05) is 5.38 Å². The Kier molecular flexibility index (Phi) is 3.85. The number of thiazole rings is 1. The van der Waals surface area contributed by atoms with Crippen LogP contribution in [0.25, 0.3) is 0 Å². The van der Waals surface area contributed by atoms with Gasteiger partial charge in [-0.15, -0.1) is 11.3 Å². The van der Waals surface area contributed by atoms with Crippen LogP contribution in [0.1, 0.15) is 21.1 Å². The third-order valence-electron chi connectivity index (χ3n) is 2.23. The molecule has 0 aliphatic carbocycles. The minimum absolute atomic E-state index is 0.167. The van der Waals surface area contributed by atoms with E-state index in [4.69, 9.17) is 23.2 Å². The van der Waals surface area contributed by atoms with Crippen molar-refractivity contribution >= 4 is 46.1 Å². The summed E-state index contributed by atoms with van der Waals surface area (Å²) < 4.78 is 0. The number of aromatic nitrogens is 2. The molecule has 0 saturated carbocycles. The molecule has 0 atom stereocenters. The van der Waals surface area contributed by atoms with Gasteiger partial charge in [-0.1, -0.05) is 23.2 Å². The molecule has 0 spiro atoms. The minimum atomic E-state index is -0.312. The zero-order valence-corrected chi connectivity index (χ0v) is 11.9. The van der Waals surface area contributed by atoms with Crippen molar-refractivity contribution in [2.75, 3.05) is 5.32 Å². The van der Waals surface area contributed by atoms with Gasteiger partial charge in [-0.2, -0.15) is 0 Å². The van der Waals surface area contributed by atoms with Gasteiger partial charge in [-0.3, -0.25) is 4.79 Å². The van der Waals surface area contributed by atoms with E-state index >= 15 is 0 Å². The second-order valence-corrected chi connectivity index (χ2v) is 5.44. The molecule has 2 heterocycles. The molecule has 0 aliphatic heterocycles. The molecule has 0 aromatic carbocycles. The number of carbonyl (C=O) groups excluding carboxylic acids is 1. The van der Waals surface area contributed by atoms with Gasteiger partial charge < -0.3 is 5.32 Å². The molecule has 0 radical (unpaired) electrons. The number of nitrogens with one attached hydrogen (secondary N) is 1. The normalized spacial score (nSPS) is 10.4. The molecule has 1 amide bonds. The van der Waals surface area contributed by atoms with Gasteiger partial charge in [-0.05, 0) is 25.5 Å². The number of hydrogen-bond acceptors (Lipinski definition) is 4. The first-order chi connectivity index (χ1) is 8.47. The van der Waals surface area contributed by atoms with Crippen molar-refractivity contribution < 1.29 is 4.79 Å². The number of halogens is 2. The maximum Gasteiger partial charge on any atom is 0.275 e. The first kappa shape index (κ1) is 13.3. The molecular weight excluding hydrogens is 293 g/mol. The highest BCUT2D eigenvalue weighted by Gasteiger charge is 2.14. The Morgan fingerprint density at radius 3 is 2.61 bits per heavy atom. The van der Waals surface area contributed by atoms with Gasteiger partial charge >= 0.3 is 0 Å². The van der Waals surface area contributed by atoms with Crippen molar-refractivity contribution in [3.63, 3.8) is 0 Å². The van der Waals surface area contributed by atoms with E-state index in [2.05, 4.69) is 15.3 Å². The summed E-state index contributed by atoms with van der Waals surface area (Å²) in [6.07, 6.45) is 0. The van der Waals surface area contributed by atoms with Crippen molar-refractivity contribution in [1.29, 1.82) is 0 Å². The first-order valence-electron chi connectivity index (χ1n) is 5.03. The summed E-state index contributed by atoms with van der Waals surface area (Å²) in [4.78, 5) is 19.9. The van der Waals surface area contributed by atoms with Gasteiger partial charge in [0.05, 0.1) is 10.7 Å². The molecule has 2 aromatic heterocycles. The molecule has 2 rings (SSSR count). The number of aryl methyl sites for hydroxylation is 2. The quantitative estimate of drug-likeness (QED) is 0.860. The second kappa shape index (κ2) is 5.22. The molecular formula is C11H9Cl2N3OS. The molecule has 0 saturated heterocycles. The standard InChI is InChI=1S/C11H9Cl2N3OS/c1-5-3-8(12)15-10(13)9(5)16-11(17)7-4-18-6(2)14-7/h3-4H,1-2H3,(H,16,17). The van der Waals surface area contributed by atoms with Crippen LogP contribution >= 0.6 is 34.5 Å². The van der Waals surface area contributed by atoms with Crippen LogP contribution < -0.4 is 5.32 Å². The van der Waals surface area contributed by atoms with E-state index in [1.54, 1.807) is 18.4 Å². The Hall–Kier alpha value is -1.17. The van der Waals surface area contributed by atoms with Crippen LogP contribution in [0.3, 0.4) is 0 Å². The lowest BCUT2D eigenvalue weighted by atomic mass is 10.2. The van der Waals surface area contributed by atoms with E-state index < -0.39 is 0 Å².